The minimum absolute atomic E-state index is 0.0159. The molecule has 2 heterocycles. The number of sulfonamides is 1. The molecule has 2 aromatic rings. The molecule has 0 saturated carbocycles. The molecule has 0 unspecified atom stereocenters. The van der Waals surface area contributed by atoms with E-state index >= 15 is 0 Å². The molecule has 8 nitrogen and oxygen atoms in total. The molecule has 10 heteroatoms. The maximum absolute atomic E-state index is 12.8. The summed E-state index contributed by atoms with van der Waals surface area (Å²) in [6.07, 6.45) is 1.65. The van der Waals surface area contributed by atoms with E-state index in [2.05, 4.69) is 15.9 Å². The van der Waals surface area contributed by atoms with E-state index in [1.807, 2.05) is 0 Å². The number of hydrogen-bond donors (Lipinski definition) is 1. The fraction of sp³-hybridized carbons (Fsp3) is 0.316. The summed E-state index contributed by atoms with van der Waals surface area (Å²) in [5.74, 6) is 0.689. The van der Waals surface area contributed by atoms with Crippen LogP contribution < -0.4 is 19.9 Å². The van der Waals surface area contributed by atoms with Crippen molar-refractivity contribution >= 4 is 31.9 Å². The number of carbonyl (C=O) groups excluding carboxylic acids is 1. The molecule has 0 aliphatic carbocycles. The van der Waals surface area contributed by atoms with Crippen molar-refractivity contribution in [2.45, 2.75) is 24.3 Å². The Bertz CT molecular complexity index is 1070. The zero-order chi connectivity index (χ0) is 20.6. The van der Waals surface area contributed by atoms with Gasteiger partial charge in [0.25, 0.3) is 5.91 Å². The van der Waals surface area contributed by atoms with Gasteiger partial charge in [-0.25, -0.2) is 8.42 Å². The van der Waals surface area contributed by atoms with Crippen molar-refractivity contribution in [3.05, 3.63) is 45.9 Å². The van der Waals surface area contributed by atoms with E-state index in [1.165, 1.54) is 22.5 Å². The zero-order valence-electron chi connectivity index (χ0n) is 15.4. The van der Waals surface area contributed by atoms with Gasteiger partial charge in [-0.15, -0.1) is 0 Å². The van der Waals surface area contributed by atoms with E-state index in [-0.39, 0.29) is 29.6 Å². The Balaban J connectivity index is 1.59. The third kappa shape index (κ3) is 3.92. The van der Waals surface area contributed by atoms with Crippen LogP contribution in [-0.4, -0.2) is 38.5 Å². The van der Waals surface area contributed by atoms with Gasteiger partial charge in [-0.05, 0) is 43.2 Å². The van der Waals surface area contributed by atoms with Crippen molar-refractivity contribution in [1.82, 2.24) is 4.31 Å². The van der Waals surface area contributed by atoms with Gasteiger partial charge in [-0.1, -0.05) is 15.9 Å². The highest BCUT2D eigenvalue weighted by atomic mass is 79.9. The molecule has 0 aromatic heterocycles. The SMILES string of the molecule is NC(=O)c1cc(S(=O)(=O)N2CCCC2)ccc1OCc1cc2c(cc1Br)OCO2. The second kappa shape index (κ2) is 7.85. The summed E-state index contributed by atoms with van der Waals surface area (Å²) < 4.78 is 44.2. The molecule has 0 bridgehead atoms. The van der Waals surface area contributed by atoms with Crippen LogP contribution in [0, 0.1) is 0 Å². The molecular weight excluding hydrogens is 464 g/mol. The van der Waals surface area contributed by atoms with Gasteiger partial charge < -0.3 is 19.9 Å². The number of ether oxygens (including phenoxy) is 3. The van der Waals surface area contributed by atoms with Crippen molar-refractivity contribution in [2.24, 2.45) is 5.73 Å². The Morgan fingerprint density at radius 3 is 2.52 bits per heavy atom. The van der Waals surface area contributed by atoms with Gasteiger partial charge in [0.2, 0.25) is 16.8 Å². The second-order valence-corrected chi connectivity index (χ2v) is 9.51. The van der Waals surface area contributed by atoms with Gasteiger partial charge >= 0.3 is 0 Å². The number of primary amides is 1. The number of halogens is 1. The Hall–Kier alpha value is -2.30. The van der Waals surface area contributed by atoms with Crippen molar-refractivity contribution in [2.75, 3.05) is 19.9 Å². The van der Waals surface area contributed by atoms with Crippen LogP contribution in [0.3, 0.4) is 0 Å². The minimum atomic E-state index is -3.66. The highest BCUT2D eigenvalue weighted by Crippen LogP contribution is 2.37. The van der Waals surface area contributed by atoms with Gasteiger partial charge in [-0.3, -0.25) is 4.79 Å². The Morgan fingerprint density at radius 1 is 1.14 bits per heavy atom. The quantitative estimate of drug-likeness (QED) is 0.677. The van der Waals surface area contributed by atoms with Crippen LogP contribution in [-0.2, 0) is 16.6 Å². The topological polar surface area (TPSA) is 108 Å². The number of amides is 1. The maximum Gasteiger partial charge on any atom is 0.252 e. The largest absolute Gasteiger partial charge is 0.488 e. The molecule has 2 aromatic carbocycles. The number of carbonyl (C=O) groups is 1. The van der Waals surface area contributed by atoms with Crippen LogP contribution in [0.15, 0.2) is 39.7 Å². The van der Waals surface area contributed by atoms with Crippen molar-refractivity contribution in [3.8, 4) is 17.2 Å². The number of fused-ring (bicyclic) bond motifs is 1. The first-order chi connectivity index (χ1) is 13.9. The van der Waals surface area contributed by atoms with Crippen molar-refractivity contribution < 1.29 is 27.4 Å². The lowest BCUT2D eigenvalue weighted by Gasteiger charge is -2.17. The van der Waals surface area contributed by atoms with Crippen LogP contribution in [0.1, 0.15) is 28.8 Å². The molecule has 4 rings (SSSR count). The standard InChI is InChI=1S/C19H19BrN2O6S/c20-15-9-18-17(27-11-28-18)7-12(15)10-26-16-4-3-13(8-14(16)19(21)23)29(24,25)22-5-1-2-6-22/h3-4,7-9H,1-2,5-6,10-11H2,(H2,21,23). The first kappa shape index (κ1) is 20.0. The summed E-state index contributed by atoms with van der Waals surface area (Å²) in [4.78, 5) is 12.0. The lowest BCUT2D eigenvalue weighted by Crippen LogP contribution is -2.28. The van der Waals surface area contributed by atoms with Crippen molar-refractivity contribution in [1.29, 1.82) is 0 Å². The van der Waals surface area contributed by atoms with E-state index in [4.69, 9.17) is 19.9 Å². The van der Waals surface area contributed by atoms with Gasteiger partial charge in [0.1, 0.15) is 12.4 Å². The average Bonchev–Trinajstić information content (AvgIpc) is 3.37. The summed E-state index contributed by atoms with van der Waals surface area (Å²) in [7, 11) is -3.66. The fourth-order valence-corrected chi connectivity index (χ4v) is 5.27. The molecule has 0 radical (unpaired) electrons. The molecule has 1 amide bonds. The van der Waals surface area contributed by atoms with E-state index in [9.17, 15) is 13.2 Å². The molecule has 1 fully saturated rings. The highest BCUT2D eigenvalue weighted by molar-refractivity contribution is 9.10. The summed E-state index contributed by atoms with van der Waals surface area (Å²) in [6, 6.07) is 7.73. The molecule has 2 N–H and O–H groups in total. The predicted octanol–water partition coefficient (Wildman–Crippen LogP) is 2.64. The summed E-state index contributed by atoms with van der Waals surface area (Å²) >= 11 is 3.45. The van der Waals surface area contributed by atoms with Gasteiger partial charge in [-0.2, -0.15) is 4.31 Å². The van der Waals surface area contributed by atoms with Crippen molar-refractivity contribution in [3.63, 3.8) is 0 Å². The van der Waals surface area contributed by atoms with Crippen LogP contribution in [0.4, 0.5) is 0 Å². The van der Waals surface area contributed by atoms with Gasteiger partial charge in [0.15, 0.2) is 11.5 Å². The van der Waals surface area contributed by atoms with Crippen LogP contribution in [0.5, 0.6) is 17.2 Å². The van der Waals surface area contributed by atoms with E-state index < -0.39 is 15.9 Å². The first-order valence-electron chi connectivity index (χ1n) is 9.01. The van der Waals surface area contributed by atoms with Gasteiger partial charge in [0.05, 0.1) is 10.5 Å². The third-order valence-corrected chi connectivity index (χ3v) is 7.48. The van der Waals surface area contributed by atoms with E-state index in [0.717, 1.165) is 22.9 Å². The molecule has 1 saturated heterocycles. The fourth-order valence-electron chi connectivity index (χ4n) is 3.29. The number of nitrogens with two attached hydrogens (primary N) is 1. The molecule has 2 aliphatic rings. The minimum Gasteiger partial charge on any atom is -0.488 e. The number of nitrogens with zero attached hydrogens (tertiary/aromatic N) is 1. The van der Waals surface area contributed by atoms with Crippen LogP contribution >= 0.6 is 15.9 Å². The lowest BCUT2D eigenvalue weighted by molar-refractivity contribution is 0.0995. The molecule has 2 aliphatic heterocycles. The summed E-state index contributed by atoms with van der Waals surface area (Å²) in [6.45, 7) is 1.23. The maximum atomic E-state index is 12.8. The lowest BCUT2D eigenvalue weighted by atomic mass is 10.2. The summed E-state index contributed by atoms with van der Waals surface area (Å²) in [5, 5.41) is 0. The second-order valence-electron chi connectivity index (χ2n) is 6.72. The predicted molar refractivity (Wildman–Crippen MR) is 108 cm³/mol. The number of hydrogen-bond acceptors (Lipinski definition) is 6. The molecule has 0 spiro atoms. The monoisotopic (exact) mass is 482 g/mol. The first-order valence-corrected chi connectivity index (χ1v) is 11.2. The number of benzene rings is 2. The molecule has 154 valence electrons. The smallest absolute Gasteiger partial charge is 0.252 e. The molecule has 0 atom stereocenters. The Kier molecular flexibility index (Phi) is 5.41. The molecule has 29 heavy (non-hydrogen) atoms. The van der Waals surface area contributed by atoms with Gasteiger partial charge in [0, 0.05) is 23.1 Å². The Labute approximate surface area is 176 Å². The third-order valence-electron chi connectivity index (χ3n) is 4.84. The number of rotatable bonds is 6. The Morgan fingerprint density at radius 2 is 1.83 bits per heavy atom. The normalized spacial score (nSPS) is 16.2. The van der Waals surface area contributed by atoms with Crippen LogP contribution in [0.2, 0.25) is 0 Å². The van der Waals surface area contributed by atoms with E-state index in [0.29, 0.717) is 24.6 Å². The molecular formula is C19H19BrN2O6S. The van der Waals surface area contributed by atoms with E-state index in [1.54, 1.807) is 12.1 Å². The summed E-state index contributed by atoms with van der Waals surface area (Å²) in [5.41, 5.74) is 6.27. The zero-order valence-corrected chi connectivity index (χ0v) is 17.8. The average molecular weight is 483 g/mol. The highest BCUT2D eigenvalue weighted by Gasteiger charge is 2.28. The van der Waals surface area contributed by atoms with Crippen LogP contribution in [0.25, 0.3) is 0 Å².